The SMILES string of the molecule is CCOC(=O)/N=C(\NC(=O)OCC)NC(=O)c1nc(Br)c(N)nc1N. The van der Waals surface area contributed by atoms with Crippen LogP contribution in [0, 0.1) is 0 Å². The van der Waals surface area contributed by atoms with Gasteiger partial charge in [-0.15, -0.1) is 4.99 Å². The molecular formula is C12H16BrN7O5. The number of nitrogens with zero attached hydrogens (tertiary/aromatic N) is 3. The zero-order chi connectivity index (χ0) is 19.0. The fraction of sp³-hybridized carbons (Fsp3) is 0.333. The molecule has 0 bridgehead atoms. The quantitative estimate of drug-likeness (QED) is 0.398. The molecule has 0 saturated heterocycles. The molecule has 0 radical (unpaired) electrons. The Morgan fingerprint density at radius 1 is 1.08 bits per heavy atom. The van der Waals surface area contributed by atoms with Gasteiger partial charge in [0, 0.05) is 0 Å². The number of halogens is 1. The molecule has 0 atom stereocenters. The van der Waals surface area contributed by atoms with E-state index in [9.17, 15) is 14.4 Å². The number of nitrogen functional groups attached to an aromatic ring is 2. The van der Waals surface area contributed by atoms with Crippen molar-refractivity contribution < 1.29 is 23.9 Å². The van der Waals surface area contributed by atoms with E-state index in [1.807, 2.05) is 0 Å². The van der Waals surface area contributed by atoms with E-state index in [2.05, 4.69) is 51.0 Å². The van der Waals surface area contributed by atoms with Crippen LogP contribution in [0.1, 0.15) is 24.3 Å². The fourth-order valence-corrected chi connectivity index (χ4v) is 1.64. The van der Waals surface area contributed by atoms with E-state index in [4.69, 9.17) is 11.5 Å². The molecule has 0 saturated carbocycles. The van der Waals surface area contributed by atoms with Crippen LogP contribution in [0.3, 0.4) is 0 Å². The Labute approximate surface area is 150 Å². The molecule has 0 aliphatic heterocycles. The Bertz CT molecular complexity index is 709. The van der Waals surface area contributed by atoms with Crippen LogP contribution in [0.2, 0.25) is 0 Å². The number of hydrogen-bond donors (Lipinski definition) is 4. The first-order chi connectivity index (χ1) is 11.8. The van der Waals surface area contributed by atoms with Crippen LogP contribution < -0.4 is 22.1 Å². The number of amides is 3. The number of aliphatic imine (C=N–C) groups is 1. The summed E-state index contributed by atoms with van der Waals surface area (Å²) in [5.41, 5.74) is 10.8. The second kappa shape index (κ2) is 9.36. The van der Waals surface area contributed by atoms with Gasteiger partial charge in [-0.05, 0) is 29.8 Å². The van der Waals surface area contributed by atoms with Gasteiger partial charge >= 0.3 is 12.2 Å². The smallest absolute Gasteiger partial charge is 0.436 e. The lowest BCUT2D eigenvalue weighted by Gasteiger charge is -2.11. The minimum absolute atomic E-state index is 0.0147. The van der Waals surface area contributed by atoms with Crippen molar-refractivity contribution >= 4 is 51.6 Å². The van der Waals surface area contributed by atoms with Gasteiger partial charge in [-0.2, -0.15) is 0 Å². The molecule has 0 fully saturated rings. The number of alkyl carbamates (subject to hydrolysis) is 1. The first kappa shape index (κ1) is 20.1. The highest BCUT2D eigenvalue weighted by molar-refractivity contribution is 9.10. The van der Waals surface area contributed by atoms with Gasteiger partial charge in [0.25, 0.3) is 5.91 Å². The summed E-state index contributed by atoms with van der Waals surface area (Å²) in [4.78, 5) is 46.1. The summed E-state index contributed by atoms with van der Waals surface area (Å²) in [5.74, 6) is -1.70. The molecule has 25 heavy (non-hydrogen) atoms. The third-order valence-corrected chi connectivity index (χ3v) is 2.90. The fourth-order valence-electron chi connectivity index (χ4n) is 1.37. The zero-order valence-corrected chi connectivity index (χ0v) is 14.9. The van der Waals surface area contributed by atoms with E-state index < -0.39 is 24.1 Å². The third-order valence-electron chi connectivity index (χ3n) is 2.32. The maximum absolute atomic E-state index is 12.2. The number of hydrogen-bond acceptors (Lipinski definition) is 9. The van der Waals surface area contributed by atoms with Gasteiger partial charge in [0.05, 0.1) is 13.2 Å². The van der Waals surface area contributed by atoms with Crippen LogP contribution in [0.5, 0.6) is 0 Å². The molecule has 1 heterocycles. The maximum Gasteiger partial charge on any atom is 0.436 e. The van der Waals surface area contributed by atoms with E-state index in [0.717, 1.165) is 0 Å². The van der Waals surface area contributed by atoms with Crippen LogP contribution in [0.4, 0.5) is 21.2 Å². The molecule has 13 heteroatoms. The van der Waals surface area contributed by atoms with E-state index in [1.54, 1.807) is 13.8 Å². The van der Waals surface area contributed by atoms with E-state index in [0.29, 0.717) is 0 Å². The lowest BCUT2D eigenvalue weighted by molar-refractivity contribution is 0.0971. The Hall–Kier alpha value is -2.96. The van der Waals surface area contributed by atoms with Crippen LogP contribution >= 0.6 is 15.9 Å². The number of aromatic nitrogens is 2. The summed E-state index contributed by atoms with van der Waals surface area (Å²) >= 11 is 3.01. The summed E-state index contributed by atoms with van der Waals surface area (Å²) < 4.78 is 9.35. The number of rotatable bonds is 3. The van der Waals surface area contributed by atoms with Crippen molar-refractivity contribution in [2.24, 2.45) is 4.99 Å². The molecule has 0 aliphatic carbocycles. The summed E-state index contributed by atoms with van der Waals surface area (Å²) in [6.07, 6.45) is -1.98. The largest absolute Gasteiger partial charge is 0.450 e. The molecule has 136 valence electrons. The lowest BCUT2D eigenvalue weighted by atomic mass is 10.4. The second-order valence-electron chi connectivity index (χ2n) is 4.09. The normalized spacial score (nSPS) is 10.8. The number of nitrogens with two attached hydrogens (primary N) is 2. The maximum atomic E-state index is 12.2. The van der Waals surface area contributed by atoms with E-state index in [-0.39, 0.29) is 35.1 Å². The number of guanidine groups is 1. The summed E-state index contributed by atoms with van der Waals surface area (Å²) in [5, 5.41) is 4.24. The second-order valence-corrected chi connectivity index (χ2v) is 4.84. The molecule has 1 aromatic rings. The average Bonchev–Trinajstić information content (AvgIpc) is 2.51. The summed E-state index contributed by atoms with van der Waals surface area (Å²) in [7, 11) is 0. The van der Waals surface area contributed by atoms with Crippen molar-refractivity contribution in [2.45, 2.75) is 13.8 Å². The van der Waals surface area contributed by atoms with Crippen molar-refractivity contribution in [1.82, 2.24) is 20.6 Å². The van der Waals surface area contributed by atoms with Crippen LogP contribution in [0.25, 0.3) is 0 Å². The number of ether oxygens (including phenoxy) is 2. The summed E-state index contributed by atoms with van der Waals surface area (Å²) in [6.45, 7) is 3.25. The molecule has 1 rings (SSSR count). The molecule has 3 amide bonds. The minimum Gasteiger partial charge on any atom is -0.450 e. The molecule has 6 N–H and O–H groups in total. The van der Waals surface area contributed by atoms with Crippen LogP contribution in [-0.4, -0.2) is 47.2 Å². The van der Waals surface area contributed by atoms with Gasteiger partial charge in [0.2, 0.25) is 5.96 Å². The number of anilines is 2. The Morgan fingerprint density at radius 2 is 1.72 bits per heavy atom. The van der Waals surface area contributed by atoms with Gasteiger partial charge in [0.1, 0.15) is 4.60 Å². The predicted octanol–water partition coefficient (Wildman–Crippen LogP) is 0.392. The lowest BCUT2D eigenvalue weighted by Crippen LogP contribution is -2.45. The van der Waals surface area contributed by atoms with Crippen molar-refractivity contribution in [1.29, 1.82) is 0 Å². The topological polar surface area (TPSA) is 184 Å². The molecule has 0 aromatic carbocycles. The number of nitrogens with one attached hydrogen (secondary N) is 2. The van der Waals surface area contributed by atoms with Gasteiger partial charge < -0.3 is 20.9 Å². The first-order valence-electron chi connectivity index (χ1n) is 6.87. The van der Waals surface area contributed by atoms with Gasteiger partial charge in [-0.25, -0.2) is 19.6 Å². The van der Waals surface area contributed by atoms with Crippen LogP contribution in [0.15, 0.2) is 9.60 Å². The number of carbonyl (C=O) groups is 3. The third kappa shape index (κ3) is 6.21. The molecule has 1 aromatic heterocycles. The monoisotopic (exact) mass is 417 g/mol. The Balaban J connectivity index is 3.03. The molecule has 0 aliphatic rings. The standard InChI is InChI=1S/C12H16BrN7O5/c1-3-24-11(22)19-10(20-12(23)25-4-2)18-9(21)5-7(14)17-8(15)6(13)16-5/h3-4H2,1-2H3,(H4,14,15,17)(H2,18,19,20,21,22,23). The molecule has 0 unspecified atom stereocenters. The van der Waals surface area contributed by atoms with Crippen molar-refractivity contribution in [3.8, 4) is 0 Å². The van der Waals surface area contributed by atoms with Gasteiger partial charge in [0.15, 0.2) is 17.3 Å². The summed E-state index contributed by atoms with van der Waals surface area (Å²) in [6, 6.07) is 0. The first-order valence-corrected chi connectivity index (χ1v) is 7.66. The van der Waals surface area contributed by atoms with E-state index >= 15 is 0 Å². The molecular weight excluding hydrogens is 402 g/mol. The predicted molar refractivity (Wildman–Crippen MR) is 90.6 cm³/mol. The van der Waals surface area contributed by atoms with Crippen molar-refractivity contribution in [3.63, 3.8) is 0 Å². The van der Waals surface area contributed by atoms with Crippen molar-refractivity contribution in [3.05, 3.63) is 10.3 Å². The molecule has 0 spiro atoms. The Morgan fingerprint density at radius 3 is 2.32 bits per heavy atom. The Kier molecular flexibility index (Phi) is 7.52. The van der Waals surface area contributed by atoms with Gasteiger partial charge in [-0.1, -0.05) is 0 Å². The van der Waals surface area contributed by atoms with Gasteiger partial charge in [-0.3, -0.25) is 15.4 Å². The van der Waals surface area contributed by atoms with E-state index in [1.165, 1.54) is 0 Å². The minimum atomic E-state index is -1.04. The zero-order valence-electron chi connectivity index (χ0n) is 13.3. The van der Waals surface area contributed by atoms with Crippen molar-refractivity contribution in [2.75, 3.05) is 24.7 Å². The highest BCUT2D eigenvalue weighted by Crippen LogP contribution is 2.17. The van der Waals surface area contributed by atoms with Crippen LogP contribution in [-0.2, 0) is 9.47 Å². The average molecular weight is 418 g/mol. The highest BCUT2D eigenvalue weighted by Gasteiger charge is 2.19. The highest BCUT2D eigenvalue weighted by atomic mass is 79.9. The number of carbonyl (C=O) groups excluding carboxylic acids is 3. The molecule has 12 nitrogen and oxygen atoms in total.